The molecule has 2 aliphatic rings. The Kier molecular flexibility index (Phi) is 2.72. The highest BCUT2D eigenvalue weighted by molar-refractivity contribution is 9.09. The SMILES string of the molecule is CCC(Br)C1CC2OCCC2O1. The van der Waals surface area contributed by atoms with Crippen LogP contribution in [0.3, 0.4) is 0 Å². The van der Waals surface area contributed by atoms with Crippen molar-refractivity contribution in [2.75, 3.05) is 6.61 Å². The molecule has 2 aliphatic heterocycles. The molecule has 2 rings (SSSR count). The molecular formula is C9H15BrO2. The van der Waals surface area contributed by atoms with E-state index in [4.69, 9.17) is 9.47 Å². The molecule has 0 amide bonds. The molecule has 12 heavy (non-hydrogen) atoms. The van der Waals surface area contributed by atoms with E-state index >= 15 is 0 Å². The molecule has 0 aliphatic carbocycles. The first-order chi connectivity index (χ1) is 5.81. The van der Waals surface area contributed by atoms with Crippen molar-refractivity contribution in [3.8, 4) is 0 Å². The lowest BCUT2D eigenvalue weighted by molar-refractivity contribution is 0.0384. The lowest BCUT2D eigenvalue weighted by Crippen LogP contribution is -2.20. The zero-order valence-corrected chi connectivity index (χ0v) is 8.92. The van der Waals surface area contributed by atoms with Gasteiger partial charge in [-0.05, 0) is 12.8 Å². The fourth-order valence-electron chi connectivity index (χ4n) is 2.01. The molecule has 0 N–H and O–H groups in total. The van der Waals surface area contributed by atoms with Gasteiger partial charge in [0.1, 0.15) is 0 Å². The number of alkyl halides is 1. The summed E-state index contributed by atoms with van der Waals surface area (Å²) in [5.41, 5.74) is 0. The van der Waals surface area contributed by atoms with E-state index in [1.165, 1.54) is 0 Å². The quantitative estimate of drug-likeness (QED) is 0.682. The molecule has 2 heterocycles. The summed E-state index contributed by atoms with van der Waals surface area (Å²) in [6.45, 7) is 3.07. The van der Waals surface area contributed by atoms with E-state index in [0.717, 1.165) is 25.9 Å². The van der Waals surface area contributed by atoms with Crippen molar-refractivity contribution in [1.82, 2.24) is 0 Å². The summed E-state index contributed by atoms with van der Waals surface area (Å²) in [7, 11) is 0. The Labute approximate surface area is 81.7 Å². The van der Waals surface area contributed by atoms with Crippen LogP contribution in [-0.4, -0.2) is 29.7 Å². The Balaban J connectivity index is 1.90. The summed E-state index contributed by atoms with van der Waals surface area (Å²) in [4.78, 5) is 0.506. The molecule has 0 saturated carbocycles. The van der Waals surface area contributed by atoms with Gasteiger partial charge in [0, 0.05) is 17.9 Å². The van der Waals surface area contributed by atoms with Gasteiger partial charge in [0.15, 0.2) is 0 Å². The van der Waals surface area contributed by atoms with Crippen LogP contribution in [0.1, 0.15) is 26.2 Å². The Morgan fingerprint density at radius 3 is 3.00 bits per heavy atom. The maximum atomic E-state index is 5.87. The number of halogens is 1. The molecule has 0 radical (unpaired) electrons. The minimum Gasteiger partial charge on any atom is -0.375 e. The summed E-state index contributed by atoms with van der Waals surface area (Å²) in [5, 5.41) is 0. The molecule has 70 valence electrons. The number of hydrogen-bond acceptors (Lipinski definition) is 2. The van der Waals surface area contributed by atoms with Crippen LogP contribution in [-0.2, 0) is 9.47 Å². The standard InChI is InChI=1S/C9H15BrO2/c1-2-6(10)8-5-9-7(12-8)3-4-11-9/h6-9H,2-5H2,1H3. The van der Waals surface area contributed by atoms with Crippen molar-refractivity contribution in [2.45, 2.75) is 49.3 Å². The molecular weight excluding hydrogens is 220 g/mol. The topological polar surface area (TPSA) is 18.5 Å². The molecule has 0 bridgehead atoms. The van der Waals surface area contributed by atoms with Crippen LogP contribution >= 0.6 is 15.9 Å². The zero-order valence-electron chi connectivity index (χ0n) is 7.33. The van der Waals surface area contributed by atoms with Crippen molar-refractivity contribution >= 4 is 15.9 Å². The Morgan fingerprint density at radius 1 is 1.50 bits per heavy atom. The van der Waals surface area contributed by atoms with Crippen LogP contribution in [0.4, 0.5) is 0 Å². The van der Waals surface area contributed by atoms with Gasteiger partial charge in [-0.15, -0.1) is 0 Å². The van der Waals surface area contributed by atoms with Gasteiger partial charge < -0.3 is 9.47 Å². The Hall–Kier alpha value is 0.400. The van der Waals surface area contributed by atoms with Crippen LogP contribution < -0.4 is 0 Å². The number of fused-ring (bicyclic) bond motifs is 1. The summed E-state index contributed by atoms with van der Waals surface area (Å²) < 4.78 is 11.4. The van der Waals surface area contributed by atoms with Crippen molar-refractivity contribution in [1.29, 1.82) is 0 Å². The predicted octanol–water partition coefficient (Wildman–Crippen LogP) is 2.11. The second-order valence-corrected chi connectivity index (χ2v) is 4.75. The monoisotopic (exact) mass is 234 g/mol. The number of ether oxygens (including phenoxy) is 2. The van der Waals surface area contributed by atoms with Gasteiger partial charge in [-0.1, -0.05) is 22.9 Å². The normalized spacial score (nSPS) is 43.0. The number of rotatable bonds is 2. The summed E-state index contributed by atoms with van der Waals surface area (Å²) in [6, 6.07) is 0. The first-order valence-corrected chi connectivity index (χ1v) is 5.64. The van der Waals surface area contributed by atoms with E-state index < -0.39 is 0 Å². The smallest absolute Gasteiger partial charge is 0.0863 e. The average molecular weight is 235 g/mol. The third-order valence-corrected chi connectivity index (χ3v) is 3.99. The first kappa shape index (κ1) is 8.97. The fraction of sp³-hybridized carbons (Fsp3) is 1.00. The highest BCUT2D eigenvalue weighted by Gasteiger charge is 2.41. The lowest BCUT2D eigenvalue weighted by Gasteiger charge is -2.16. The van der Waals surface area contributed by atoms with Gasteiger partial charge in [0.2, 0.25) is 0 Å². The molecule has 2 nitrogen and oxygen atoms in total. The second kappa shape index (κ2) is 3.64. The van der Waals surface area contributed by atoms with E-state index in [1.54, 1.807) is 0 Å². The second-order valence-electron chi connectivity index (χ2n) is 3.57. The molecule has 0 aromatic carbocycles. The summed E-state index contributed by atoms with van der Waals surface area (Å²) in [6.07, 6.45) is 4.46. The lowest BCUT2D eigenvalue weighted by atomic mass is 10.1. The molecule has 2 saturated heterocycles. The Bertz CT molecular complexity index is 151. The molecule has 4 unspecified atom stereocenters. The minimum absolute atomic E-state index is 0.380. The van der Waals surface area contributed by atoms with Gasteiger partial charge in [-0.3, -0.25) is 0 Å². The summed E-state index contributed by atoms with van der Waals surface area (Å²) >= 11 is 3.63. The number of hydrogen-bond donors (Lipinski definition) is 0. The van der Waals surface area contributed by atoms with E-state index in [1.807, 2.05) is 0 Å². The molecule has 3 heteroatoms. The largest absolute Gasteiger partial charge is 0.375 e. The van der Waals surface area contributed by atoms with Crippen LogP contribution in [0.2, 0.25) is 0 Å². The van der Waals surface area contributed by atoms with Gasteiger partial charge in [-0.25, -0.2) is 0 Å². The third kappa shape index (κ3) is 1.54. The van der Waals surface area contributed by atoms with Gasteiger partial charge in [0.25, 0.3) is 0 Å². The van der Waals surface area contributed by atoms with Gasteiger partial charge in [-0.2, -0.15) is 0 Å². The van der Waals surface area contributed by atoms with Crippen molar-refractivity contribution in [2.24, 2.45) is 0 Å². The Morgan fingerprint density at radius 2 is 2.33 bits per heavy atom. The zero-order chi connectivity index (χ0) is 8.55. The van der Waals surface area contributed by atoms with Crippen LogP contribution in [0.25, 0.3) is 0 Å². The first-order valence-electron chi connectivity index (χ1n) is 4.72. The van der Waals surface area contributed by atoms with Crippen LogP contribution in [0.5, 0.6) is 0 Å². The van der Waals surface area contributed by atoms with E-state index in [9.17, 15) is 0 Å². The van der Waals surface area contributed by atoms with Gasteiger partial charge in [0.05, 0.1) is 18.3 Å². The molecule has 2 fully saturated rings. The van der Waals surface area contributed by atoms with Crippen LogP contribution in [0, 0.1) is 0 Å². The van der Waals surface area contributed by atoms with Crippen molar-refractivity contribution in [3.05, 3.63) is 0 Å². The highest BCUT2D eigenvalue weighted by atomic mass is 79.9. The van der Waals surface area contributed by atoms with Crippen molar-refractivity contribution < 1.29 is 9.47 Å². The predicted molar refractivity (Wildman–Crippen MR) is 50.6 cm³/mol. The van der Waals surface area contributed by atoms with E-state index in [-0.39, 0.29) is 0 Å². The molecule has 0 aromatic heterocycles. The minimum atomic E-state index is 0.380. The highest BCUT2D eigenvalue weighted by Crippen LogP contribution is 2.34. The van der Waals surface area contributed by atoms with Crippen LogP contribution in [0.15, 0.2) is 0 Å². The summed E-state index contributed by atoms with van der Waals surface area (Å²) in [5.74, 6) is 0. The molecule has 0 aromatic rings. The molecule has 0 spiro atoms. The van der Waals surface area contributed by atoms with Crippen molar-refractivity contribution in [3.63, 3.8) is 0 Å². The molecule has 4 atom stereocenters. The maximum Gasteiger partial charge on any atom is 0.0863 e. The van der Waals surface area contributed by atoms with E-state index in [2.05, 4.69) is 22.9 Å². The average Bonchev–Trinajstić information content (AvgIpc) is 2.60. The van der Waals surface area contributed by atoms with E-state index in [0.29, 0.717) is 23.1 Å². The van der Waals surface area contributed by atoms with Gasteiger partial charge >= 0.3 is 0 Å². The third-order valence-electron chi connectivity index (χ3n) is 2.76. The maximum absolute atomic E-state index is 5.87. The fourth-order valence-corrected chi connectivity index (χ4v) is 2.35.